The van der Waals surface area contributed by atoms with Crippen molar-refractivity contribution < 1.29 is 27.8 Å². The van der Waals surface area contributed by atoms with E-state index in [1.807, 2.05) is 0 Å². The number of benzene rings is 2. The second-order valence-electron chi connectivity index (χ2n) is 9.12. The highest BCUT2D eigenvalue weighted by Gasteiger charge is 2.34. The Morgan fingerprint density at radius 1 is 1.20 bits per heavy atom. The Labute approximate surface area is 236 Å². The molecule has 2 aromatic heterocycles. The molecule has 1 atom stereocenters. The van der Waals surface area contributed by atoms with E-state index in [4.69, 9.17) is 21.7 Å². The Morgan fingerprint density at radius 3 is 2.59 bits per heavy atom. The number of amides is 1. The van der Waals surface area contributed by atoms with Crippen LogP contribution in [0.2, 0.25) is 5.02 Å². The van der Waals surface area contributed by atoms with E-state index in [1.54, 1.807) is 43.0 Å². The SMILES string of the molecule is CCC(C(=O)Nc1ccc2nn(C)cc2c1)n1cc(OC)c(-c2cc(Cl)ccc2C(=N)/C=C(\O)C(F)(F)F)cc1=O. The number of rotatable bonds is 8. The highest BCUT2D eigenvalue weighted by molar-refractivity contribution is 6.31. The minimum absolute atomic E-state index is 0.0452. The van der Waals surface area contributed by atoms with Crippen molar-refractivity contribution in [1.82, 2.24) is 14.3 Å². The molecule has 9 nitrogen and oxygen atoms in total. The Balaban J connectivity index is 1.73. The molecule has 214 valence electrons. The molecule has 0 fully saturated rings. The predicted octanol–water partition coefficient (Wildman–Crippen LogP) is 6.03. The monoisotopic (exact) mass is 587 g/mol. The molecule has 0 saturated carbocycles. The van der Waals surface area contributed by atoms with Gasteiger partial charge in [-0.25, -0.2) is 0 Å². The predicted molar refractivity (Wildman–Crippen MR) is 150 cm³/mol. The number of anilines is 1. The van der Waals surface area contributed by atoms with E-state index in [9.17, 15) is 27.9 Å². The van der Waals surface area contributed by atoms with Crippen LogP contribution in [-0.4, -0.2) is 44.4 Å². The molecule has 0 spiro atoms. The number of fused-ring (bicyclic) bond motifs is 1. The van der Waals surface area contributed by atoms with Gasteiger partial charge in [0.1, 0.15) is 11.8 Å². The van der Waals surface area contributed by atoms with Crippen molar-refractivity contribution in [3.8, 4) is 16.9 Å². The van der Waals surface area contributed by atoms with Crippen molar-refractivity contribution in [3.63, 3.8) is 0 Å². The van der Waals surface area contributed by atoms with Crippen LogP contribution in [0.5, 0.6) is 5.75 Å². The summed E-state index contributed by atoms with van der Waals surface area (Å²) in [7, 11) is 3.11. The minimum atomic E-state index is -5.05. The molecule has 0 radical (unpaired) electrons. The van der Waals surface area contributed by atoms with Crippen molar-refractivity contribution in [2.24, 2.45) is 7.05 Å². The lowest BCUT2D eigenvalue weighted by molar-refractivity contribution is -0.120. The maximum Gasteiger partial charge on any atom is 0.448 e. The topological polar surface area (TPSA) is 122 Å². The Hall–Kier alpha value is -4.58. The fourth-order valence-electron chi connectivity index (χ4n) is 4.38. The lowest BCUT2D eigenvalue weighted by Gasteiger charge is -2.21. The lowest BCUT2D eigenvalue weighted by Crippen LogP contribution is -2.32. The van der Waals surface area contributed by atoms with Gasteiger partial charge in [0.25, 0.3) is 5.56 Å². The van der Waals surface area contributed by atoms with E-state index in [0.29, 0.717) is 5.69 Å². The molecule has 0 saturated heterocycles. The summed E-state index contributed by atoms with van der Waals surface area (Å²) in [5, 5.41) is 25.7. The van der Waals surface area contributed by atoms with Crippen LogP contribution < -0.4 is 15.6 Å². The van der Waals surface area contributed by atoms with E-state index >= 15 is 0 Å². The molecular formula is C28H25ClF3N5O4. The van der Waals surface area contributed by atoms with Gasteiger partial charge in [-0.15, -0.1) is 0 Å². The first-order valence-electron chi connectivity index (χ1n) is 12.2. The van der Waals surface area contributed by atoms with Crippen LogP contribution in [0.3, 0.4) is 0 Å². The van der Waals surface area contributed by atoms with Crippen molar-refractivity contribution in [1.29, 1.82) is 5.41 Å². The van der Waals surface area contributed by atoms with Gasteiger partial charge in [0.2, 0.25) is 5.91 Å². The van der Waals surface area contributed by atoms with E-state index in [0.717, 1.165) is 17.0 Å². The number of halogens is 4. The van der Waals surface area contributed by atoms with Gasteiger partial charge >= 0.3 is 6.18 Å². The summed E-state index contributed by atoms with van der Waals surface area (Å²) in [6.07, 6.45) is -1.40. The first kappa shape index (κ1) is 29.4. The minimum Gasteiger partial charge on any atom is -0.504 e. The van der Waals surface area contributed by atoms with Crippen LogP contribution in [0.4, 0.5) is 18.9 Å². The molecule has 1 unspecified atom stereocenters. The number of ether oxygens (including phenoxy) is 1. The zero-order valence-corrected chi connectivity index (χ0v) is 22.8. The molecule has 2 heterocycles. The van der Waals surface area contributed by atoms with Crippen molar-refractivity contribution in [2.45, 2.75) is 25.6 Å². The maximum absolute atomic E-state index is 13.3. The number of carbonyl (C=O) groups excluding carboxylic acids is 1. The number of alkyl halides is 3. The number of aromatic nitrogens is 3. The third-order valence-electron chi connectivity index (χ3n) is 6.31. The van der Waals surface area contributed by atoms with Gasteiger partial charge in [0, 0.05) is 52.6 Å². The number of carbonyl (C=O) groups is 1. The van der Waals surface area contributed by atoms with Crippen LogP contribution in [0, 0.1) is 5.41 Å². The second-order valence-corrected chi connectivity index (χ2v) is 9.56. The van der Waals surface area contributed by atoms with E-state index < -0.39 is 35.2 Å². The molecule has 0 aliphatic heterocycles. The number of allylic oxidation sites excluding steroid dienone is 2. The number of pyridine rings is 1. The van der Waals surface area contributed by atoms with Gasteiger partial charge in [-0.1, -0.05) is 24.6 Å². The molecular weight excluding hydrogens is 563 g/mol. The second kappa shape index (κ2) is 11.5. The van der Waals surface area contributed by atoms with Gasteiger partial charge in [-0.2, -0.15) is 18.3 Å². The zero-order valence-electron chi connectivity index (χ0n) is 22.1. The lowest BCUT2D eigenvalue weighted by atomic mass is 9.96. The first-order chi connectivity index (χ1) is 19.3. The normalized spacial score (nSPS) is 12.8. The third-order valence-corrected chi connectivity index (χ3v) is 6.54. The van der Waals surface area contributed by atoms with Gasteiger partial charge in [0.15, 0.2) is 5.76 Å². The fourth-order valence-corrected chi connectivity index (χ4v) is 4.55. The quantitative estimate of drug-likeness (QED) is 0.172. The van der Waals surface area contributed by atoms with Crippen LogP contribution in [0.1, 0.15) is 24.9 Å². The largest absolute Gasteiger partial charge is 0.504 e. The standard InChI is InChI=1S/C28H25ClF3N5O4/c1-4-23(27(40)34-17-6-8-22-15(9-17)13-36(2)35-22)37-14-24(41-3)20(11-26(37)39)19-10-16(29)5-7-18(19)21(33)12-25(38)28(30,31)32/h5-14,23,33,38H,4H2,1-3H3,(H,34,40)/b25-12-,33-21?. The molecule has 0 aliphatic rings. The zero-order chi connectivity index (χ0) is 30.1. The van der Waals surface area contributed by atoms with Gasteiger partial charge in [-0.3, -0.25) is 18.8 Å². The van der Waals surface area contributed by atoms with Crippen LogP contribution >= 0.6 is 11.6 Å². The third kappa shape index (κ3) is 6.27. The van der Waals surface area contributed by atoms with E-state index in [-0.39, 0.29) is 40.0 Å². The van der Waals surface area contributed by atoms with E-state index in [2.05, 4.69) is 10.4 Å². The number of aliphatic hydroxyl groups is 1. The summed E-state index contributed by atoms with van der Waals surface area (Å²) in [6.45, 7) is 1.73. The summed E-state index contributed by atoms with van der Waals surface area (Å²) in [6, 6.07) is 9.48. The summed E-state index contributed by atoms with van der Waals surface area (Å²) >= 11 is 6.15. The number of methoxy groups -OCH3 is 1. The summed E-state index contributed by atoms with van der Waals surface area (Å²) in [5.74, 6) is -2.30. The molecule has 4 aromatic rings. The summed E-state index contributed by atoms with van der Waals surface area (Å²) < 4.78 is 47.0. The molecule has 3 N–H and O–H groups in total. The smallest absolute Gasteiger partial charge is 0.448 e. The Kier molecular flexibility index (Phi) is 8.24. The molecule has 0 aliphatic carbocycles. The van der Waals surface area contributed by atoms with Gasteiger partial charge < -0.3 is 20.6 Å². The Bertz CT molecular complexity index is 1740. The number of hydrogen-bond donors (Lipinski definition) is 3. The van der Waals surface area contributed by atoms with E-state index in [1.165, 1.54) is 36.1 Å². The maximum atomic E-state index is 13.3. The molecule has 0 bridgehead atoms. The van der Waals surface area contributed by atoms with Gasteiger partial charge in [-0.05, 0) is 42.3 Å². The highest BCUT2D eigenvalue weighted by Crippen LogP contribution is 2.35. The first-order valence-corrected chi connectivity index (χ1v) is 12.6. The van der Waals surface area contributed by atoms with Crippen molar-refractivity contribution >= 4 is 39.8 Å². The van der Waals surface area contributed by atoms with Crippen LogP contribution in [-0.2, 0) is 11.8 Å². The van der Waals surface area contributed by atoms with Crippen LogP contribution in [0.25, 0.3) is 22.0 Å². The van der Waals surface area contributed by atoms with Crippen LogP contribution in [0.15, 0.2) is 71.5 Å². The van der Waals surface area contributed by atoms with Crippen molar-refractivity contribution in [2.75, 3.05) is 12.4 Å². The molecule has 2 aromatic carbocycles. The number of aliphatic hydroxyl groups excluding tert-OH is 1. The highest BCUT2D eigenvalue weighted by atomic mass is 35.5. The molecule has 13 heteroatoms. The molecule has 4 rings (SSSR count). The number of aryl methyl sites for hydroxylation is 1. The van der Waals surface area contributed by atoms with Crippen molar-refractivity contribution in [3.05, 3.63) is 87.6 Å². The van der Waals surface area contributed by atoms with Gasteiger partial charge in [0.05, 0.1) is 24.5 Å². The molecule has 1 amide bonds. The average molecular weight is 588 g/mol. The number of nitrogens with zero attached hydrogens (tertiary/aromatic N) is 3. The number of nitrogens with one attached hydrogen (secondary N) is 2. The molecule has 41 heavy (non-hydrogen) atoms. The summed E-state index contributed by atoms with van der Waals surface area (Å²) in [4.78, 5) is 26.6. The fraction of sp³-hybridized carbons (Fsp3) is 0.214. The Morgan fingerprint density at radius 2 is 1.93 bits per heavy atom. The number of hydrogen-bond acceptors (Lipinski definition) is 6. The summed E-state index contributed by atoms with van der Waals surface area (Å²) in [5.41, 5.74) is 0.210. The average Bonchev–Trinajstić information content (AvgIpc) is 3.28.